The van der Waals surface area contributed by atoms with Crippen molar-refractivity contribution in [2.45, 2.75) is 12.2 Å². The summed E-state index contributed by atoms with van der Waals surface area (Å²) in [5.41, 5.74) is -0.245. The van der Waals surface area contributed by atoms with Crippen molar-refractivity contribution in [2.75, 3.05) is 29.9 Å². The molecule has 0 spiro atoms. The fourth-order valence-corrected chi connectivity index (χ4v) is 2.83. The molecule has 0 aliphatic carbocycles. The van der Waals surface area contributed by atoms with Crippen molar-refractivity contribution in [1.82, 2.24) is 5.32 Å². The van der Waals surface area contributed by atoms with Crippen LogP contribution in [0.4, 0.5) is 24.5 Å². The molecule has 4 nitrogen and oxygen atoms in total. The molecule has 3 rings (SSSR count). The number of hydrogen-bond acceptors (Lipinski definition) is 3. The van der Waals surface area contributed by atoms with Gasteiger partial charge in [-0.05, 0) is 12.1 Å². The van der Waals surface area contributed by atoms with Crippen molar-refractivity contribution in [3.63, 3.8) is 0 Å². The zero-order valence-corrected chi connectivity index (χ0v) is 12.2. The van der Waals surface area contributed by atoms with Gasteiger partial charge in [-0.2, -0.15) is 13.2 Å². The van der Waals surface area contributed by atoms with Crippen molar-refractivity contribution in [3.05, 3.63) is 22.7 Å². The highest BCUT2D eigenvalue weighted by Gasteiger charge is 2.39. The fourth-order valence-electron chi connectivity index (χ4n) is 2.56. The average Bonchev–Trinajstić information content (AvgIpc) is 2.38. The zero-order chi connectivity index (χ0) is 14.5. The van der Waals surface area contributed by atoms with Gasteiger partial charge >= 0.3 is 6.18 Å². The Hall–Kier alpha value is -1.18. The van der Waals surface area contributed by atoms with Crippen LogP contribution in [-0.4, -0.2) is 31.6 Å². The quantitative estimate of drug-likeness (QED) is 0.762. The summed E-state index contributed by atoms with van der Waals surface area (Å²) in [7, 11) is 0. The molecule has 2 aliphatic rings. The summed E-state index contributed by atoms with van der Waals surface area (Å²) in [6.07, 6.45) is -4.54. The molecule has 116 valence electrons. The molecular formula is C12H12Cl2F3N3O. The van der Waals surface area contributed by atoms with E-state index < -0.39 is 17.8 Å². The summed E-state index contributed by atoms with van der Waals surface area (Å²) in [5.74, 6) is -0.305. The van der Waals surface area contributed by atoms with Gasteiger partial charge in [0.25, 0.3) is 0 Å². The van der Waals surface area contributed by atoms with E-state index in [0.29, 0.717) is 25.3 Å². The smallest absolute Gasteiger partial charge is 0.355 e. The molecule has 1 fully saturated rings. The van der Waals surface area contributed by atoms with Crippen LogP contribution < -0.4 is 15.5 Å². The first-order valence-electron chi connectivity index (χ1n) is 6.07. The topological polar surface area (TPSA) is 44.4 Å². The Balaban J connectivity index is 0.00000161. The number of nitrogens with zero attached hydrogens (tertiary/aromatic N) is 1. The van der Waals surface area contributed by atoms with E-state index >= 15 is 0 Å². The van der Waals surface area contributed by atoms with E-state index in [4.69, 9.17) is 11.6 Å². The SMILES string of the molecule is Cl.O=C1Nc2cc(C(F)(F)F)c(Cl)cc2N2CCNC[C@H]12. The summed E-state index contributed by atoms with van der Waals surface area (Å²) in [6, 6.07) is 1.76. The summed E-state index contributed by atoms with van der Waals surface area (Å²) in [5, 5.41) is 5.24. The number of piperazine rings is 1. The van der Waals surface area contributed by atoms with Crippen LogP contribution >= 0.6 is 24.0 Å². The number of carbonyl (C=O) groups is 1. The molecule has 0 unspecified atom stereocenters. The number of halogens is 5. The van der Waals surface area contributed by atoms with Crippen LogP contribution in [0.3, 0.4) is 0 Å². The highest BCUT2D eigenvalue weighted by molar-refractivity contribution is 6.32. The van der Waals surface area contributed by atoms with Gasteiger partial charge in [0.2, 0.25) is 5.91 Å². The molecule has 1 atom stereocenters. The van der Waals surface area contributed by atoms with Crippen LogP contribution in [0.1, 0.15) is 5.56 Å². The normalized spacial score (nSPS) is 21.0. The molecular weight excluding hydrogens is 330 g/mol. The Bertz CT molecular complexity index is 580. The molecule has 21 heavy (non-hydrogen) atoms. The largest absolute Gasteiger partial charge is 0.417 e. The van der Waals surface area contributed by atoms with Crippen LogP contribution in [0.25, 0.3) is 0 Å². The Labute approximate surface area is 130 Å². The Morgan fingerprint density at radius 2 is 2.05 bits per heavy atom. The molecule has 1 aromatic rings. The van der Waals surface area contributed by atoms with Gasteiger partial charge in [0.05, 0.1) is 22.0 Å². The second kappa shape index (κ2) is 5.55. The predicted molar refractivity (Wildman–Crippen MR) is 76.3 cm³/mol. The minimum absolute atomic E-state index is 0. The lowest BCUT2D eigenvalue weighted by atomic mass is 10.0. The van der Waals surface area contributed by atoms with Crippen LogP contribution in [0.5, 0.6) is 0 Å². The molecule has 9 heteroatoms. The molecule has 1 aromatic carbocycles. The second-order valence-electron chi connectivity index (χ2n) is 4.75. The molecule has 2 N–H and O–H groups in total. The highest BCUT2D eigenvalue weighted by Crippen LogP contribution is 2.42. The molecule has 2 aliphatic heterocycles. The molecule has 0 saturated carbocycles. The van der Waals surface area contributed by atoms with Crippen LogP contribution in [0.2, 0.25) is 5.02 Å². The number of alkyl halides is 3. The second-order valence-corrected chi connectivity index (χ2v) is 5.16. The maximum atomic E-state index is 12.8. The lowest BCUT2D eigenvalue weighted by Crippen LogP contribution is -2.58. The standard InChI is InChI=1S/C12H11ClF3N3O.ClH/c13-7-4-9-8(3-6(7)12(14,15)16)18-11(20)10-5-17-1-2-19(9)10;/h3-4,10,17H,1-2,5H2,(H,18,20);1H/t10-;/m1./s1. The van der Waals surface area contributed by atoms with Crippen molar-refractivity contribution < 1.29 is 18.0 Å². The van der Waals surface area contributed by atoms with Gasteiger partial charge in [0.15, 0.2) is 0 Å². The van der Waals surface area contributed by atoms with E-state index in [9.17, 15) is 18.0 Å². The van der Waals surface area contributed by atoms with Gasteiger partial charge in [0, 0.05) is 19.6 Å². The first kappa shape index (κ1) is 16.2. The van der Waals surface area contributed by atoms with E-state index in [1.807, 2.05) is 0 Å². The first-order chi connectivity index (χ1) is 9.38. The average molecular weight is 342 g/mol. The fraction of sp³-hybridized carbons (Fsp3) is 0.417. The number of fused-ring (bicyclic) bond motifs is 3. The minimum Gasteiger partial charge on any atom is -0.355 e. The molecule has 1 saturated heterocycles. The van der Waals surface area contributed by atoms with Crippen molar-refractivity contribution >= 4 is 41.3 Å². The third kappa shape index (κ3) is 2.77. The van der Waals surface area contributed by atoms with Crippen LogP contribution in [0.15, 0.2) is 12.1 Å². The van der Waals surface area contributed by atoms with Crippen molar-refractivity contribution in [2.24, 2.45) is 0 Å². The number of anilines is 2. The zero-order valence-electron chi connectivity index (χ0n) is 10.6. The number of hydrogen-bond donors (Lipinski definition) is 2. The Kier molecular flexibility index (Phi) is 4.28. The predicted octanol–water partition coefficient (Wildman–Crippen LogP) is 2.51. The van der Waals surface area contributed by atoms with Crippen LogP contribution in [0, 0.1) is 0 Å². The third-order valence-electron chi connectivity index (χ3n) is 3.50. The Morgan fingerprint density at radius 3 is 2.71 bits per heavy atom. The summed E-state index contributed by atoms with van der Waals surface area (Å²) >= 11 is 5.74. The lowest BCUT2D eigenvalue weighted by molar-refractivity contribution is -0.137. The maximum absolute atomic E-state index is 12.8. The molecule has 0 bridgehead atoms. The van der Waals surface area contributed by atoms with E-state index in [2.05, 4.69) is 10.6 Å². The van der Waals surface area contributed by atoms with Crippen molar-refractivity contribution in [3.8, 4) is 0 Å². The third-order valence-corrected chi connectivity index (χ3v) is 3.82. The van der Waals surface area contributed by atoms with Crippen LogP contribution in [-0.2, 0) is 11.0 Å². The highest BCUT2D eigenvalue weighted by atomic mass is 35.5. The molecule has 0 aromatic heterocycles. The maximum Gasteiger partial charge on any atom is 0.417 e. The van der Waals surface area contributed by atoms with Gasteiger partial charge in [-0.15, -0.1) is 12.4 Å². The monoisotopic (exact) mass is 341 g/mol. The number of benzene rings is 1. The van der Waals surface area contributed by atoms with E-state index in [1.54, 1.807) is 4.90 Å². The van der Waals surface area contributed by atoms with E-state index in [1.165, 1.54) is 6.07 Å². The summed E-state index contributed by atoms with van der Waals surface area (Å²) < 4.78 is 38.5. The number of rotatable bonds is 0. The Morgan fingerprint density at radius 1 is 1.33 bits per heavy atom. The van der Waals surface area contributed by atoms with E-state index in [-0.39, 0.29) is 29.0 Å². The lowest BCUT2D eigenvalue weighted by Gasteiger charge is -2.41. The van der Waals surface area contributed by atoms with Crippen molar-refractivity contribution in [1.29, 1.82) is 0 Å². The summed E-state index contributed by atoms with van der Waals surface area (Å²) in [6.45, 7) is 1.68. The number of nitrogens with one attached hydrogen (secondary N) is 2. The van der Waals surface area contributed by atoms with E-state index in [0.717, 1.165) is 6.07 Å². The van der Waals surface area contributed by atoms with Gasteiger partial charge < -0.3 is 15.5 Å². The summed E-state index contributed by atoms with van der Waals surface area (Å²) in [4.78, 5) is 13.7. The number of amides is 1. The molecule has 0 radical (unpaired) electrons. The molecule has 2 heterocycles. The molecule has 1 amide bonds. The number of carbonyl (C=O) groups excluding carboxylic acids is 1. The van der Waals surface area contributed by atoms with Gasteiger partial charge in [0.1, 0.15) is 6.04 Å². The van der Waals surface area contributed by atoms with Gasteiger partial charge in [-0.25, -0.2) is 0 Å². The minimum atomic E-state index is -4.54. The van der Waals surface area contributed by atoms with Gasteiger partial charge in [-0.1, -0.05) is 11.6 Å². The van der Waals surface area contributed by atoms with Gasteiger partial charge in [-0.3, -0.25) is 4.79 Å². The first-order valence-corrected chi connectivity index (χ1v) is 6.44.